The molecular formula is C32H34N6O7S3. The van der Waals surface area contributed by atoms with Crippen LogP contribution in [0.5, 0.6) is 0 Å². The Labute approximate surface area is 289 Å². The van der Waals surface area contributed by atoms with E-state index in [2.05, 4.69) is 19.8 Å². The van der Waals surface area contributed by atoms with E-state index in [9.17, 15) is 19.2 Å². The highest BCUT2D eigenvalue weighted by Gasteiger charge is 2.55. The van der Waals surface area contributed by atoms with Gasteiger partial charge in [0.2, 0.25) is 18.1 Å². The Morgan fingerprint density at radius 1 is 1.10 bits per heavy atom. The second kappa shape index (κ2) is 15.2. The number of ether oxygens (including phenoxy) is 2. The fourth-order valence-corrected chi connectivity index (χ4v) is 7.69. The maximum Gasteiger partial charge on any atom is 0.356 e. The van der Waals surface area contributed by atoms with Crippen molar-refractivity contribution in [2.75, 3.05) is 23.8 Å². The molecule has 0 radical (unpaired) electrons. The van der Waals surface area contributed by atoms with Crippen LogP contribution in [0.15, 0.2) is 76.4 Å². The summed E-state index contributed by atoms with van der Waals surface area (Å²) in [5, 5.41) is 5.94. The molecule has 1 saturated heterocycles. The minimum absolute atomic E-state index is 0.0740. The van der Waals surface area contributed by atoms with Crippen LogP contribution in [0.3, 0.4) is 0 Å². The first-order valence-corrected chi connectivity index (χ1v) is 17.7. The number of nitrogens with one attached hydrogen (secondary N) is 1. The molecule has 3 aromatic rings. The largest absolute Gasteiger partial charge is 0.457 e. The van der Waals surface area contributed by atoms with Crippen molar-refractivity contribution in [3.05, 3.63) is 88.2 Å². The topological polar surface area (TPSA) is 175 Å². The molecular weight excluding hydrogens is 677 g/mol. The number of hydrogen-bond donors (Lipinski definition) is 2. The molecule has 2 atom stereocenters. The highest BCUT2D eigenvalue weighted by atomic mass is 32.2. The van der Waals surface area contributed by atoms with Crippen molar-refractivity contribution in [1.82, 2.24) is 19.6 Å². The van der Waals surface area contributed by atoms with Gasteiger partial charge in [0.25, 0.3) is 11.8 Å². The Kier molecular flexibility index (Phi) is 11.1. The smallest absolute Gasteiger partial charge is 0.356 e. The normalized spacial score (nSPS) is 17.8. The Balaban J connectivity index is 1.35. The number of esters is 2. The Bertz CT molecular complexity index is 1690. The average Bonchev–Trinajstić information content (AvgIpc) is 3.49. The number of rotatable bonds is 12. The standard InChI is InChI=1S/C32H34N6O7S3/c1-5-46-20-17-47-29-23(34-27(40)22(26-35-31(33)48-37-26)36-43-16-21(39)45-32(2,3)4)28(41)38(29)24(20)30(42)44-25(18-12-8-6-9-13-18)19-14-10-7-11-15-19/h6-15,23,25,29H,5,16-17H2,1-4H3,(H,34,40)(H2,33,35,37)/b36-22+. The summed E-state index contributed by atoms with van der Waals surface area (Å²) in [5.74, 6) is -1.72. The zero-order valence-corrected chi connectivity index (χ0v) is 29.0. The van der Waals surface area contributed by atoms with Crippen LogP contribution in [0.1, 0.15) is 50.8 Å². The van der Waals surface area contributed by atoms with Crippen molar-refractivity contribution in [2.24, 2.45) is 5.16 Å². The summed E-state index contributed by atoms with van der Waals surface area (Å²) >= 11 is 3.70. The van der Waals surface area contributed by atoms with Crippen molar-refractivity contribution in [1.29, 1.82) is 0 Å². The summed E-state index contributed by atoms with van der Waals surface area (Å²) < 4.78 is 15.4. The third kappa shape index (κ3) is 8.17. The van der Waals surface area contributed by atoms with Gasteiger partial charge in [-0.2, -0.15) is 9.36 Å². The first-order valence-electron chi connectivity index (χ1n) is 14.9. The zero-order chi connectivity index (χ0) is 34.4. The molecule has 1 aromatic heterocycles. The Morgan fingerprint density at radius 2 is 1.75 bits per heavy atom. The van der Waals surface area contributed by atoms with Crippen LogP contribution in [0.2, 0.25) is 0 Å². The second-order valence-electron chi connectivity index (χ2n) is 11.4. The lowest BCUT2D eigenvalue weighted by Gasteiger charge is -2.49. The summed E-state index contributed by atoms with van der Waals surface area (Å²) in [5.41, 5.74) is 6.31. The number of oxime groups is 1. The predicted octanol–water partition coefficient (Wildman–Crippen LogP) is 3.88. The molecule has 13 nitrogen and oxygen atoms in total. The summed E-state index contributed by atoms with van der Waals surface area (Å²) in [7, 11) is 0. The van der Waals surface area contributed by atoms with E-state index in [4.69, 9.17) is 20.0 Å². The number of carbonyl (C=O) groups excluding carboxylic acids is 4. The number of carbonyl (C=O) groups is 4. The van der Waals surface area contributed by atoms with E-state index in [1.54, 1.807) is 20.8 Å². The molecule has 2 aliphatic heterocycles. The molecule has 3 N–H and O–H groups in total. The monoisotopic (exact) mass is 710 g/mol. The Morgan fingerprint density at radius 3 is 2.31 bits per heavy atom. The molecule has 2 aromatic carbocycles. The van der Waals surface area contributed by atoms with Crippen molar-refractivity contribution in [3.63, 3.8) is 0 Å². The Hall–Kier alpha value is -4.41. The quantitative estimate of drug-likeness (QED) is 0.120. The minimum atomic E-state index is -1.01. The number of nitrogens with two attached hydrogens (primary N) is 1. The molecule has 2 amide bonds. The fourth-order valence-electron chi connectivity index (χ4n) is 4.86. The lowest BCUT2D eigenvalue weighted by atomic mass is 10.0. The molecule has 0 spiro atoms. The predicted molar refractivity (Wildman–Crippen MR) is 184 cm³/mol. The lowest BCUT2D eigenvalue weighted by molar-refractivity contribution is -0.160. The molecule has 2 unspecified atom stereocenters. The molecule has 48 heavy (non-hydrogen) atoms. The lowest BCUT2D eigenvalue weighted by Crippen LogP contribution is -2.71. The maximum atomic E-state index is 14.0. The molecule has 16 heteroatoms. The number of nitrogen functional groups attached to an aromatic ring is 1. The van der Waals surface area contributed by atoms with Crippen LogP contribution in [-0.4, -0.2) is 78.9 Å². The molecule has 3 heterocycles. The third-order valence-electron chi connectivity index (χ3n) is 6.79. The molecule has 1 fully saturated rings. The van der Waals surface area contributed by atoms with Gasteiger partial charge in [0.15, 0.2) is 11.2 Å². The number of aromatic nitrogens is 2. The number of fused-ring (bicyclic) bond motifs is 1. The van der Waals surface area contributed by atoms with Crippen LogP contribution < -0.4 is 11.1 Å². The number of amides is 2. The van der Waals surface area contributed by atoms with Crippen LogP contribution in [0.4, 0.5) is 5.13 Å². The fraction of sp³-hybridized carbons (Fsp3) is 0.344. The third-order valence-corrected chi connectivity index (χ3v) is 9.77. The molecule has 0 bridgehead atoms. The van der Waals surface area contributed by atoms with Gasteiger partial charge in [0.1, 0.15) is 22.7 Å². The van der Waals surface area contributed by atoms with E-state index in [1.165, 1.54) is 28.4 Å². The van der Waals surface area contributed by atoms with E-state index in [0.29, 0.717) is 16.4 Å². The van der Waals surface area contributed by atoms with Gasteiger partial charge in [0, 0.05) is 22.2 Å². The summed E-state index contributed by atoms with van der Waals surface area (Å²) in [6.45, 7) is 6.48. The second-order valence-corrected chi connectivity index (χ2v) is 14.7. The van der Waals surface area contributed by atoms with Gasteiger partial charge < -0.3 is 25.4 Å². The van der Waals surface area contributed by atoms with Gasteiger partial charge in [-0.1, -0.05) is 72.7 Å². The van der Waals surface area contributed by atoms with Crippen LogP contribution in [0, 0.1) is 0 Å². The zero-order valence-electron chi connectivity index (χ0n) is 26.6. The van der Waals surface area contributed by atoms with Gasteiger partial charge in [0.05, 0.1) is 0 Å². The van der Waals surface area contributed by atoms with E-state index < -0.39 is 53.5 Å². The van der Waals surface area contributed by atoms with Crippen molar-refractivity contribution in [3.8, 4) is 0 Å². The number of hydrogen-bond acceptors (Lipinski definition) is 14. The molecule has 5 rings (SSSR count). The van der Waals surface area contributed by atoms with Crippen LogP contribution in [0.25, 0.3) is 0 Å². The molecule has 0 saturated carbocycles. The van der Waals surface area contributed by atoms with Gasteiger partial charge in [-0.3, -0.25) is 14.5 Å². The van der Waals surface area contributed by atoms with Crippen molar-refractivity contribution < 1.29 is 33.5 Å². The van der Waals surface area contributed by atoms with Crippen LogP contribution in [-0.2, 0) is 33.5 Å². The van der Waals surface area contributed by atoms with E-state index >= 15 is 0 Å². The number of anilines is 1. The first kappa shape index (κ1) is 34.9. The van der Waals surface area contributed by atoms with Gasteiger partial charge in [-0.25, -0.2) is 9.59 Å². The van der Waals surface area contributed by atoms with Crippen molar-refractivity contribution in [2.45, 2.75) is 50.8 Å². The van der Waals surface area contributed by atoms with Crippen molar-refractivity contribution >= 4 is 69.7 Å². The van der Waals surface area contributed by atoms with Gasteiger partial charge >= 0.3 is 11.9 Å². The number of thioether (sulfide) groups is 2. The minimum Gasteiger partial charge on any atom is -0.457 e. The summed E-state index contributed by atoms with van der Waals surface area (Å²) in [6, 6.07) is 17.7. The van der Waals surface area contributed by atoms with E-state index in [1.807, 2.05) is 67.6 Å². The first-order chi connectivity index (χ1) is 23.0. The SMILES string of the molecule is CCSC1=C(C(=O)OC(c2ccccc2)c2ccccc2)N2C(=O)C(NC(=O)/C(=N/OCC(=O)OC(C)(C)C)c3nsc(N)n3)C2SC1. The molecule has 0 aliphatic carbocycles. The van der Waals surface area contributed by atoms with E-state index in [-0.39, 0.29) is 22.4 Å². The van der Waals surface area contributed by atoms with Gasteiger partial charge in [-0.15, -0.1) is 23.5 Å². The highest BCUT2D eigenvalue weighted by molar-refractivity contribution is 8.06. The number of benzene rings is 2. The van der Waals surface area contributed by atoms with Crippen LogP contribution >= 0.6 is 35.1 Å². The summed E-state index contributed by atoms with van der Waals surface area (Å²) in [4.78, 5) is 64.5. The van der Waals surface area contributed by atoms with Gasteiger partial charge in [-0.05, 0) is 37.7 Å². The number of β-lactam (4-membered cyclic amide) rings is 1. The summed E-state index contributed by atoms with van der Waals surface area (Å²) in [6.07, 6.45) is -0.710. The number of nitrogens with zero attached hydrogens (tertiary/aromatic N) is 4. The highest BCUT2D eigenvalue weighted by Crippen LogP contribution is 2.44. The average molecular weight is 711 g/mol. The molecule has 252 valence electrons. The molecule has 2 aliphatic rings. The maximum absolute atomic E-state index is 14.0. The van der Waals surface area contributed by atoms with E-state index in [0.717, 1.165) is 22.7 Å².